The SMILES string of the molecule is CCOC(=O)/C=C(\Oc1cccc2ccccc12)c1cccs1. The predicted molar refractivity (Wildman–Crippen MR) is 93.5 cm³/mol. The number of benzene rings is 2. The number of carbonyl (C=O) groups excluding carboxylic acids is 1. The number of fused-ring (bicyclic) bond motifs is 1. The lowest BCUT2D eigenvalue weighted by Gasteiger charge is -2.11. The van der Waals surface area contributed by atoms with E-state index in [1.165, 1.54) is 17.4 Å². The molecule has 0 aliphatic rings. The first-order valence-electron chi connectivity index (χ1n) is 7.36. The summed E-state index contributed by atoms with van der Waals surface area (Å²) in [5.41, 5.74) is 0. The Hall–Kier alpha value is -2.59. The lowest BCUT2D eigenvalue weighted by Crippen LogP contribution is -2.03. The Morgan fingerprint density at radius 3 is 2.70 bits per heavy atom. The second-order valence-corrected chi connectivity index (χ2v) is 5.76. The van der Waals surface area contributed by atoms with Gasteiger partial charge in [0.25, 0.3) is 0 Å². The van der Waals surface area contributed by atoms with Gasteiger partial charge in [-0.3, -0.25) is 0 Å². The van der Waals surface area contributed by atoms with Gasteiger partial charge in [0.15, 0.2) is 5.76 Å². The van der Waals surface area contributed by atoms with E-state index in [-0.39, 0.29) is 0 Å². The highest BCUT2D eigenvalue weighted by Gasteiger charge is 2.11. The van der Waals surface area contributed by atoms with E-state index in [9.17, 15) is 4.79 Å². The molecular weight excluding hydrogens is 308 g/mol. The Labute approximate surface area is 138 Å². The van der Waals surface area contributed by atoms with Crippen molar-refractivity contribution in [3.63, 3.8) is 0 Å². The Balaban J connectivity index is 1.99. The minimum Gasteiger partial charge on any atom is -0.463 e. The van der Waals surface area contributed by atoms with E-state index in [0.29, 0.717) is 18.1 Å². The van der Waals surface area contributed by atoms with Crippen molar-refractivity contribution in [3.05, 3.63) is 70.9 Å². The van der Waals surface area contributed by atoms with Gasteiger partial charge in [0.2, 0.25) is 0 Å². The summed E-state index contributed by atoms with van der Waals surface area (Å²) in [4.78, 5) is 12.7. The van der Waals surface area contributed by atoms with Crippen LogP contribution in [0.2, 0.25) is 0 Å². The van der Waals surface area contributed by atoms with Crippen LogP contribution in [0.15, 0.2) is 66.1 Å². The highest BCUT2D eigenvalue weighted by atomic mass is 32.1. The highest BCUT2D eigenvalue weighted by molar-refractivity contribution is 7.11. The average Bonchev–Trinajstić information content (AvgIpc) is 3.09. The topological polar surface area (TPSA) is 35.5 Å². The number of carbonyl (C=O) groups is 1. The molecule has 0 atom stereocenters. The van der Waals surface area contributed by atoms with E-state index in [4.69, 9.17) is 9.47 Å². The smallest absolute Gasteiger partial charge is 0.334 e. The van der Waals surface area contributed by atoms with Gasteiger partial charge in [-0.15, -0.1) is 11.3 Å². The van der Waals surface area contributed by atoms with Gasteiger partial charge in [-0.2, -0.15) is 0 Å². The molecule has 0 amide bonds. The van der Waals surface area contributed by atoms with Gasteiger partial charge < -0.3 is 9.47 Å². The van der Waals surface area contributed by atoms with Crippen molar-refractivity contribution in [2.24, 2.45) is 0 Å². The highest BCUT2D eigenvalue weighted by Crippen LogP contribution is 2.30. The first-order valence-corrected chi connectivity index (χ1v) is 8.24. The summed E-state index contributed by atoms with van der Waals surface area (Å²) in [6.45, 7) is 2.11. The molecule has 3 aromatic rings. The van der Waals surface area contributed by atoms with E-state index in [0.717, 1.165) is 15.6 Å². The molecule has 0 saturated carbocycles. The number of ether oxygens (including phenoxy) is 2. The minimum atomic E-state index is -0.406. The van der Waals surface area contributed by atoms with Crippen LogP contribution in [0.1, 0.15) is 11.8 Å². The summed E-state index contributed by atoms with van der Waals surface area (Å²) in [5, 5.41) is 4.04. The monoisotopic (exact) mass is 324 g/mol. The number of esters is 1. The lowest BCUT2D eigenvalue weighted by atomic mass is 10.1. The van der Waals surface area contributed by atoms with Crippen molar-refractivity contribution in [2.45, 2.75) is 6.92 Å². The van der Waals surface area contributed by atoms with Gasteiger partial charge in [0.05, 0.1) is 17.6 Å². The van der Waals surface area contributed by atoms with E-state index >= 15 is 0 Å². The molecule has 0 N–H and O–H groups in total. The van der Waals surface area contributed by atoms with Gasteiger partial charge in [0.1, 0.15) is 5.75 Å². The summed E-state index contributed by atoms with van der Waals surface area (Å²) < 4.78 is 11.1. The molecule has 0 bridgehead atoms. The Bertz CT molecular complexity index is 829. The quantitative estimate of drug-likeness (QED) is 0.381. The number of hydrogen-bond acceptors (Lipinski definition) is 4. The van der Waals surface area contributed by atoms with E-state index in [2.05, 4.69) is 0 Å². The molecule has 3 nitrogen and oxygen atoms in total. The van der Waals surface area contributed by atoms with E-state index < -0.39 is 5.97 Å². The van der Waals surface area contributed by atoms with Crippen LogP contribution >= 0.6 is 11.3 Å². The zero-order chi connectivity index (χ0) is 16.1. The second kappa shape index (κ2) is 7.11. The normalized spacial score (nSPS) is 11.4. The maximum Gasteiger partial charge on any atom is 0.334 e. The largest absolute Gasteiger partial charge is 0.463 e. The Kier molecular flexibility index (Phi) is 4.74. The van der Waals surface area contributed by atoms with Crippen molar-refractivity contribution < 1.29 is 14.3 Å². The van der Waals surface area contributed by atoms with E-state index in [1.54, 1.807) is 6.92 Å². The molecule has 1 aromatic heterocycles. The molecule has 0 fully saturated rings. The maximum atomic E-state index is 11.8. The molecular formula is C19H16O3S. The molecule has 0 radical (unpaired) electrons. The van der Waals surface area contributed by atoms with Crippen molar-refractivity contribution in [1.29, 1.82) is 0 Å². The molecule has 1 heterocycles. The lowest BCUT2D eigenvalue weighted by molar-refractivity contribution is -0.137. The first kappa shape index (κ1) is 15.3. The van der Waals surface area contributed by atoms with Gasteiger partial charge in [0, 0.05) is 5.39 Å². The third kappa shape index (κ3) is 3.60. The molecule has 23 heavy (non-hydrogen) atoms. The molecule has 116 valence electrons. The van der Waals surface area contributed by atoms with Crippen LogP contribution in [0.3, 0.4) is 0 Å². The van der Waals surface area contributed by atoms with Crippen LogP contribution in [0.25, 0.3) is 16.5 Å². The van der Waals surface area contributed by atoms with Crippen LogP contribution in [0.5, 0.6) is 5.75 Å². The van der Waals surface area contributed by atoms with Gasteiger partial charge in [-0.25, -0.2) is 4.79 Å². The minimum absolute atomic E-state index is 0.335. The summed E-state index contributed by atoms with van der Waals surface area (Å²) in [5.74, 6) is 0.804. The van der Waals surface area contributed by atoms with Gasteiger partial charge in [-0.05, 0) is 29.8 Å². The molecule has 3 rings (SSSR count). The summed E-state index contributed by atoms with van der Waals surface area (Å²) in [6, 6.07) is 17.7. The second-order valence-electron chi connectivity index (χ2n) is 4.82. The van der Waals surface area contributed by atoms with Crippen LogP contribution < -0.4 is 4.74 Å². The molecule has 0 spiro atoms. The summed E-state index contributed by atoms with van der Waals surface area (Å²) in [7, 11) is 0. The maximum absolute atomic E-state index is 11.8. The zero-order valence-corrected chi connectivity index (χ0v) is 13.5. The van der Waals surface area contributed by atoms with Gasteiger partial charge >= 0.3 is 5.97 Å². The van der Waals surface area contributed by atoms with Crippen molar-refractivity contribution in [3.8, 4) is 5.75 Å². The van der Waals surface area contributed by atoms with Crippen LogP contribution in [-0.4, -0.2) is 12.6 Å². The van der Waals surface area contributed by atoms with Crippen LogP contribution in [-0.2, 0) is 9.53 Å². The van der Waals surface area contributed by atoms with Crippen molar-refractivity contribution in [1.82, 2.24) is 0 Å². The standard InChI is InChI=1S/C19H16O3S/c1-2-21-19(20)13-17(18-11-6-12-23-18)22-16-10-5-8-14-7-3-4-9-15(14)16/h3-13H,2H2,1H3/b17-13-. The average molecular weight is 324 g/mol. The van der Waals surface area contributed by atoms with E-state index in [1.807, 2.05) is 60.0 Å². The van der Waals surface area contributed by atoms with Crippen LogP contribution in [0.4, 0.5) is 0 Å². The number of thiophene rings is 1. The molecule has 0 aliphatic heterocycles. The Morgan fingerprint density at radius 1 is 1.09 bits per heavy atom. The third-order valence-corrected chi connectivity index (χ3v) is 4.15. The van der Waals surface area contributed by atoms with Crippen molar-refractivity contribution in [2.75, 3.05) is 6.61 Å². The fourth-order valence-electron chi connectivity index (χ4n) is 2.26. The fourth-order valence-corrected chi connectivity index (χ4v) is 2.94. The fraction of sp³-hybridized carbons (Fsp3) is 0.105. The number of hydrogen-bond donors (Lipinski definition) is 0. The van der Waals surface area contributed by atoms with Crippen LogP contribution in [0, 0.1) is 0 Å². The van der Waals surface area contributed by atoms with Gasteiger partial charge in [-0.1, -0.05) is 42.5 Å². The first-order chi connectivity index (χ1) is 11.3. The Morgan fingerprint density at radius 2 is 1.91 bits per heavy atom. The molecule has 0 saturated heterocycles. The van der Waals surface area contributed by atoms with Crippen molar-refractivity contribution >= 4 is 33.8 Å². The molecule has 4 heteroatoms. The predicted octanol–water partition coefficient (Wildman–Crippen LogP) is 4.88. The third-order valence-electron chi connectivity index (χ3n) is 3.27. The molecule has 0 unspecified atom stereocenters. The zero-order valence-electron chi connectivity index (χ0n) is 12.7. The molecule has 0 aliphatic carbocycles. The summed E-state index contributed by atoms with van der Waals surface area (Å²) >= 11 is 1.51. The molecule has 2 aromatic carbocycles. The number of rotatable bonds is 5. The summed E-state index contributed by atoms with van der Waals surface area (Å²) in [6.07, 6.45) is 1.40.